The lowest BCUT2D eigenvalue weighted by molar-refractivity contribution is -0.127. The summed E-state index contributed by atoms with van der Waals surface area (Å²) in [5.41, 5.74) is 1.30. The lowest BCUT2D eigenvalue weighted by Crippen LogP contribution is -2.40. The maximum Gasteiger partial charge on any atom is 0.250 e. The third kappa shape index (κ3) is 7.27. The van der Waals surface area contributed by atoms with Gasteiger partial charge in [0, 0.05) is 64.4 Å². The smallest absolute Gasteiger partial charge is 0.250 e. The van der Waals surface area contributed by atoms with Crippen LogP contribution in [0.15, 0.2) is 64.5 Å². The number of hydrogen-bond donors (Lipinski definition) is 2. The first-order chi connectivity index (χ1) is 15.2. The van der Waals surface area contributed by atoms with Crippen LogP contribution in [0, 0.1) is 5.92 Å². The van der Waals surface area contributed by atoms with E-state index in [2.05, 4.69) is 27.8 Å². The van der Waals surface area contributed by atoms with Gasteiger partial charge in [-0.25, -0.2) is 0 Å². The molecule has 2 N–H and O–H groups in total. The topological polar surface area (TPSA) is 78.7 Å². The Morgan fingerprint density at radius 2 is 1.84 bits per heavy atom. The number of guanidine groups is 1. The number of aryl methyl sites for hydroxylation is 1. The number of hydrogen-bond acceptors (Lipinski definition) is 3. The number of aliphatic imine (C=N–C) groups is 1. The van der Waals surface area contributed by atoms with Crippen LogP contribution in [0.3, 0.4) is 0 Å². The number of aromatic nitrogens is 1. The maximum absolute atomic E-state index is 12.3. The van der Waals surface area contributed by atoms with Gasteiger partial charge in [-0.2, -0.15) is 0 Å². The Morgan fingerprint density at radius 3 is 2.61 bits per heavy atom. The van der Waals surface area contributed by atoms with E-state index in [-0.39, 0.29) is 11.5 Å². The van der Waals surface area contributed by atoms with Crippen molar-refractivity contribution in [3.8, 4) is 0 Å². The van der Waals surface area contributed by atoms with E-state index in [9.17, 15) is 9.59 Å². The lowest BCUT2D eigenvalue weighted by atomic mass is 10.1. The van der Waals surface area contributed by atoms with Gasteiger partial charge < -0.3 is 20.1 Å². The van der Waals surface area contributed by atoms with Gasteiger partial charge in [0.15, 0.2) is 5.96 Å². The van der Waals surface area contributed by atoms with Crippen molar-refractivity contribution in [2.75, 3.05) is 33.2 Å². The highest BCUT2D eigenvalue weighted by molar-refractivity contribution is 5.80. The minimum absolute atomic E-state index is 0.0388. The van der Waals surface area contributed by atoms with Crippen LogP contribution >= 0.6 is 0 Å². The zero-order valence-corrected chi connectivity index (χ0v) is 18.3. The summed E-state index contributed by atoms with van der Waals surface area (Å²) in [6.45, 7) is 3.80. The number of nitrogens with one attached hydrogen (secondary N) is 2. The molecule has 1 fully saturated rings. The highest BCUT2D eigenvalue weighted by Crippen LogP contribution is 2.17. The van der Waals surface area contributed by atoms with Crippen LogP contribution < -0.4 is 16.2 Å². The molecule has 1 aromatic carbocycles. The SMILES string of the molecule is CN=C(NCCCCn1ccccc1=O)NCC1CC(=O)N(CCc2ccccc2)C1. The molecule has 1 aliphatic rings. The molecule has 2 heterocycles. The minimum atomic E-state index is 0.0388. The van der Waals surface area contributed by atoms with Crippen LogP contribution in [-0.4, -0.2) is 54.6 Å². The van der Waals surface area contributed by atoms with Gasteiger partial charge in [0.05, 0.1) is 0 Å². The fraction of sp³-hybridized carbons (Fsp3) is 0.458. The fourth-order valence-corrected chi connectivity index (χ4v) is 3.84. The van der Waals surface area contributed by atoms with E-state index < -0.39 is 0 Å². The number of likely N-dealkylation sites (tertiary alicyclic amines) is 1. The average Bonchev–Trinajstić information content (AvgIpc) is 3.15. The summed E-state index contributed by atoms with van der Waals surface area (Å²) in [6.07, 6.45) is 5.16. The summed E-state index contributed by atoms with van der Waals surface area (Å²) in [6, 6.07) is 15.5. The third-order valence-electron chi connectivity index (χ3n) is 5.61. The first kappa shape index (κ1) is 22.6. The first-order valence-electron chi connectivity index (χ1n) is 11.1. The predicted octanol–water partition coefficient (Wildman–Crippen LogP) is 1.88. The molecule has 1 aliphatic heterocycles. The molecule has 31 heavy (non-hydrogen) atoms. The lowest BCUT2D eigenvalue weighted by Gasteiger charge is -2.18. The van der Waals surface area contributed by atoms with Crippen molar-refractivity contribution in [2.45, 2.75) is 32.2 Å². The van der Waals surface area contributed by atoms with Crippen molar-refractivity contribution < 1.29 is 4.79 Å². The van der Waals surface area contributed by atoms with Gasteiger partial charge in [-0.15, -0.1) is 0 Å². The third-order valence-corrected chi connectivity index (χ3v) is 5.61. The van der Waals surface area contributed by atoms with Gasteiger partial charge in [-0.1, -0.05) is 36.4 Å². The van der Waals surface area contributed by atoms with Gasteiger partial charge in [-0.3, -0.25) is 14.6 Å². The molecule has 1 unspecified atom stereocenters. The summed E-state index contributed by atoms with van der Waals surface area (Å²) in [5, 5.41) is 6.67. The van der Waals surface area contributed by atoms with E-state index in [0.29, 0.717) is 12.3 Å². The van der Waals surface area contributed by atoms with E-state index >= 15 is 0 Å². The summed E-state index contributed by atoms with van der Waals surface area (Å²) in [7, 11) is 1.75. The molecular formula is C24H33N5O2. The van der Waals surface area contributed by atoms with E-state index in [0.717, 1.165) is 57.9 Å². The molecular weight excluding hydrogens is 390 g/mol. The zero-order valence-electron chi connectivity index (χ0n) is 18.3. The van der Waals surface area contributed by atoms with Crippen molar-refractivity contribution in [2.24, 2.45) is 10.9 Å². The monoisotopic (exact) mass is 423 g/mol. The number of benzene rings is 1. The van der Waals surface area contributed by atoms with Crippen molar-refractivity contribution in [3.05, 3.63) is 70.6 Å². The van der Waals surface area contributed by atoms with E-state index in [1.165, 1.54) is 5.56 Å². The molecule has 1 aromatic heterocycles. The molecule has 0 saturated carbocycles. The second kappa shape index (κ2) is 11.9. The molecule has 0 aliphatic carbocycles. The molecule has 1 atom stereocenters. The second-order valence-corrected chi connectivity index (χ2v) is 7.96. The Labute approximate surface area is 184 Å². The Kier molecular flexibility index (Phi) is 8.70. The molecule has 7 nitrogen and oxygen atoms in total. The van der Waals surface area contributed by atoms with Crippen molar-refractivity contribution >= 4 is 11.9 Å². The molecule has 7 heteroatoms. The molecule has 1 saturated heterocycles. The number of carbonyl (C=O) groups is 1. The second-order valence-electron chi connectivity index (χ2n) is 7.96. The standard InChI is InChI=1S/C24H33N5O2/c1-25-24(26-13-6-8-15-28-14-7-5-11-22(28)30)27-18-21-17-23(31)29(19-21)16-12-20-9-3-2-4-10-20/h2-5,7,9-11,14,21H,6,8,12-13,15-19H2,1H3,(H2,25,26,27). The van der Waals surface area contributed by atoms with Crippen LogP contribution in [-0.2, 0) is 17.8 Å². The largest absolute Gasteiger partial charge is 0.356 e. The van der Waals surface area contributed by atoms with E-state index in [4.69, 9.17) is 0 Å². The molecule has 0 bridgehead atoms. The maximum atomic E-state index is 12.3. The highest BCUT2D eigenvalue weighted by atomic mass is 16.2. The van der Waals surface area contributed by atoms with Crippen LogP contribution in [0.25, 0.3) is 0 Å². The van der Waals surface area contributed by atoms with E-state index in [1.807, 2.05) is 35.4 Å². The molecule has 1 amide bonds. The quantitative estimate of drug-likeness (QED) is 0.348. The number of unbranched alkanes of at least 4 members (excludes halogenated alkanes) is 1. The number of rotatable bonds is 10. The number of pyridine rings is 1. The molecule has 3 rings (SSSR count). The van der Waals surface area contributed by atoms with E-state index in [1.54, 1.807) is 23.7 Å². The van der Waals surface area contributed by atoms with Gasteiger partial charge in [0.1, 0.15) is 0 Å². The Bertz CT molecular complexity index is 909. The summed E-state index contributed by atoms with van der Waals surface area (Å²) in [5.74, 6) is 1.29. The van der Waals surface area contributed by atoms with Gasteiger partial charge in [-0.05, 0) is 30.9 Å². The molecule has 0 radical (unpaired) electrons. The highest BCUT2D eigenvalue weighted by Gasteiger charge is 2.29. The Hall–Kier alpha value is -3.09. The fourth-order valence-electron chi connectivity index (χ4n) is 3.84. The Balaban J connectivity index is 1.31. The first-order valence-corrected chi connectivity index (χ1v) is 11.1. The minimum Gasteiger partial charge on any atom is -0.356 e. The zero-order chi connectivity index (χ0) is 21.9. The number of nitrogens with zero attached hydrogens (tertiary/aromatic N) is 3. The summed E-state index contributed by atoms with van der Waals surface area (Å²) in [4.78, 5) is 30.3. The number of carbonyl (C=O) groups excluding carboxylic acids is 1. The van der Waals surface area contributed by atoms with Crippen molar-refractivity contribution in [3.63, 3.8) is 0 Å². The van der Waals surface area contributed by atoms with Crippen LogP contribution in [0.4, 0.5) is 0 Å². The summed E-state index contributed by atoms with van der Waals surface area (Å²) < 4.78 is 1.73. The predicted molar refractivity (Wildman–Crippen MR) is 124 cm³/mol. The van der Waals surface area contributed by atoms with Crippen molar-refractivity contribution in [1.82, 2.24) is 20.1 Å². The molecule has 166 valence electrons. The number of amides is 1. The summed E-state index contributed by atoms with van der Waals surface area (Å²) >= 11 is 0. The van der Waals surface area contributed by atoms with Crippen LogP contribution in [0.2, 0.25) is 0 Å². The van der Waals surface area contributed by atoms with Gasteiger partial charge >= 0.3 is 0 Å². The van der Waals surface area contributed by atoms with Crippen molar-refractivity contribution in [1.29, 1.82) is 0 Å². The Morgan fingerprint density at radius 1 is 1.03 bits per heavy atom. The van der Waals surface area contributed by atoms with Crippen LogP contribution in [0.5, 0.6) is 0 Å². The van der Waals surface area contributed by atoms with Gasteiger partial charge in [0.2, 0.25) is 11.5 Å². The average molecular weight is 424 g/mol. The molecule has 2 aromatic rings. The van der Waals surface area contributed by atoms with Gasteiger partial charge in [0.25, 0.3) is 0 Å². The molecule has 0 spiro atoms. The normalized spacial score (nSPS) is 16.5. The van der Waals surface area contributed by atoms with Crippen LogP contribution in [0.1, 0.15) is 24.8 Å².